The molecule has 10 heteroatoms. The maximum absolute atomic E-state index is 12.5. The summed E-state index contributed by atoms with van der Waals surface area (Å²) in [6.07, 6.45) is 1.23. The van der Waals surface area contributed by atoms with E-state index in [2.05, 4.69) is 20.7 Å². The lowest BCUT2D eigenvalue weighted by Crippen LogP contribution is -2.36. The fraction of sp³-hybridized carbons (Fsp3) is 0.444. The summed E-state index contributed by atoms with van der Waals surface area (Å²) in [5.74, 6) is -1.41. The van der Waals surface area contributed by atoms with Gasteiger partial charge in [0.05, 0.1) is 12.0 Å². The molecule has 1 heterocycles. The molecule has 2 amide bonds. The van der Waals surface area contributed by atoms with Gasteiger partial charge in [0, 0.05) is 13.0 Å². The van der Waals surface area contributed by atoms with E-state index in [0.717, 1.165) is 10.4 Å². The number of nitrogens with two attached hydrogens (primary N) is 2. The van der Waals surface area contributed by atoms with E-state index in [0.29, 0.717) is 19.4 Å². The molecule has 2 atom stereocenters. The summed E-state index contributed by atoms with van der Waals surface area (Å²) in [5, 5.41) is 14.3. The van der Waals surface area contributed by atoms with Gasteiger partial charge in [-0.05, 0) is 30.0 Å². The van der Waals surface area contributed by atoms with Crippen LogP contribution in [-0.2, 0) is 16.0 Å². The van der Waals surface area contributed by atoms with E-state index in [9.17, 15) is 14.4 Å². The quantitative estimate of drug-likeness (QED) is 0.522. The molecule has 0 aliphatic heterocycles. The van der Waals surface area contributed by atoms with Crippen molar-refractivity contribution in [1.29, 1.82) is 0 Å². The molecule has 0 spiro atoms. The fourth-order valence-corrected chi connectivity index (χ4v) is 2.69. The number of hydrogen-bond donors (Lipinski definition) is 3. The second-order valence-electron chi connectivity index (χ2n) is 6.38. The van der Waals surface area contributed by atoms with Crippen molar-refractivity contribution in [1.82, 2.24) is 25.5 Å². The van der Waals surface area contributed by atoms with E-state index in [4.69, 9.17) is 11.5 Å². The molecule has 1 aromatic heterocycles. The van der Waals surface area contributed by atoms with Gasteiger partial charge in [-0.25, -0.2) is 4.79 Å². The van der Waals surface area contributed by atoms with Gasteiger partial charge in [-0.15, -0.1) is 10.2 Å². The summed E-state index contributed by atoms with van der Waals surface area (Å²) in [7, 11) is 0. The van der Waals surface area contributed by atoms with Crippen molar-refractivity contribution in [2.24, 2.45) is 11.5 Å². The van der Waals surface area contributed by atoms with Crippen molar-refractivity contribution in [3.05, 3.63) is 41.7 Å². The highest BCUT2D eigenvalue weighted by Gasteiger charge is 2.29. The number of ketones is 1. The number of hydrogen-bond acceptors (Lipinski definition) is 7. The molecule has 0 saturated carbocycles. The highest BCUT2D eigenvalue weighted by Crippen LogP contribution is 2.18. The second-order valence-corrected chi connectivity index (χ2v) is 6.38. The Hall–Kier alpha value is -3.14. The van der Waals surface area contributed by atoms with Crippen molar-refractivity contribution >= 4 is 17.7 Å². The van der Waals surface area contributed by atoms with Crippen LogP contribution in [0.4, 0.5) is 4.79 Å². The standard InChI is InChI=1S/C18H25N7O3/c1-2-13(16(27)14(19)8-9-15(20)26)17-22-24-25(23-17)18(28)21-11-10-12-6-4-3-5-7-12/h3-7,13-14H,2,8-11,19H2,1H3,(H2,20,26)(H,21,28)/t13?,14-/m0/s1. The molecular weight excluding hydrogens is 362 g/mol. The molecule has 1 aromatic carbocycles. The number of nitrogens with zero attached hydrogens (tertiary/aromatic N) is 4. The molecule has 1 unspecified atom stereocenters. The average molecular weight is 387 g/mol. The van der Waals surface area contributed by atoms with Gasteiger partial charge >= 0.3 is 6.03 Å². The van der Waals surface area contributed by atoms with Crippen LogP contribution in [0, 0.1) is 0 Å². The third-order valence-electron chi connectivity index (χ3n) is 4.27. The number of rotatable bonds is 10. The first-order chi connectivity index (χ1) is 13.4. The monoisotopic (exact) mass is 387 g/mol. The van der Waals surface area contributed by atoms with Crippen LogP contribution in [0.5, 0.6) is 0 Å². The SMILES string of the molecule is CCC(C(=O)[C@@H](N)CCC(N)=O)c1nnn(C(=O)NCCc2ccccc2)n1. The van der Waals surface area contributed by atoms with Crippen LogP contribution in [0.2, 0.25) is 0 Å². The van der Waals surface area contributed by atoms with Gasteiger partial charge in [-0.3, -0.25) is 9.59 Å². The maximum Gasteiger partial charge on any atom is 0.360 e. The van der Waals surface area contributed by atoms with Gasteiger partial charge in [-0.1, -0.05) is 42.1 Å². The first-order valence-electron chi connectivity index (χ1n) is 9.12. The van der Waals surface area contributed by atoms with Gasteiger partial charge in [0.2, 0.25) is 5.91 Å². The van der Waals surface area contributed by atoms with Crippen LogP contribution < -0.4 is 16.8 Å². The molecule has 2 aromatic rings. The first-order valence-corrected chi connectivity index (χ1v) is 9.12. The largest absolute Gasteiger partial charge is 0.370 e. The Kier molecular flexibility index (Phi) is 7.76. The predicted molar refractivity (Wildman–Crippen MR) is 101 cm³/mol. The molecule has 28 heavy (non-hydrogen) atoms. The minimum Gasteiger partial charge on any atom is -0.370 e. The Bertz CT molecular complexity index is 807. The molecule has 0 aliphatic carbocycles. The second kappa shape index (κ2) is 10.3. The molecule has 0 fully saturated rings. The Morgan fingerprint density at radius 2 is 1.93 bits per heavy atom. The minimum absolute atomic E-state index is 0.0211. The number of benzene rings is 1. The summed E-state index contributed by atoms with van der Waals surface area (Å²) in [6.45, 7) is 2.19. The lowest BCUT2D eigenvalue weighted by molar-refractivity contribution is -0.122. The van der Waals surface area contributed by atoms with E-state index in [1.807, 2.05) is 30.3 Å². The van der Waals surface area contributed by atoms with Gasteiger partial charge in [0.25, 0.3) is 0 Å². The zero-order valence-corrected chi connectivity index (χ0v) is 15.7. The Balaban J connectivity index is 1.93. The van der Waals surface area contributed by atoms with E-state index in [-0.39, 0.29) is 24.4 Å². The van der Waals surface area contributed by atoms with Gasteiger partial charge in [-0.2, -0.15) is 0 Å². The number of Topliss-reactive ketones (excluding diaryl/α,β-unsaturated/α-hetero) is 1. The summed E-state index contributed by atoms with van der Waals surface area (Å²) in [5.41, 5.74) is 12.0. The summed E-state index contributed by atoms with van der Waals surface area (Å²) >= 11 is 0. The van der Waals surface area contributed by atoms with Crippen molar-refractivity contribution < 1.29 is 14.4 Å². The molecular formula is C18H25N7O3. The molecule has 0 radical (unpaired) electrons. The fourth-order valence-electron chi connectivity index (χ4n) is 2.69. The van der Waals surface area contributed by atoms with Crippen LogP contribution in [0.15, 0.2) is 30.3 Å². The zero-order chi connectivity index (χ0) is 20.5. The molecule has 5 N–H and O–H groups in total. The van der Waals surface area contributed by atoms with Crippen molar-refractivity contribution in [2.75, 3.05) is 6.54 Å². The van der Waals surface area contributed by atoms with E-state index < -0.39 is 23.9 Å². The first kappa shape index (κ1) is 21.2. The topological polar surface area (TPSA) is 159 Å². The van der Waals surface area contributed by atoms with Gasteiger partial charge < -0.3 is 16.8 Å². The lowest BCUT2D eigenvalue weighted by atomic mass is 9.93. The van der Waals surface area contributed by atoms with Crippen LogP contribution in [0.25, 0.3) is 0 Å². The zero-order valence-electron chi connectivity index (χ0n) is 15.7. The van der Waals surface area contributed by atoms with E-state index in [1.165, 1.54) is 0 Å². The predicted octanol–water partition coefficient (Wildman–Crippen LogP) is 0.129. The molecule has 0 aliphatic rings. The number of aromatic nitrogens is 4. The lowest BCUT2D eigenvalue weighted by Gasteiger charge is -2.15. The minimum atomic E-state index is -0.857. The van der Waals surface area contributed by atoms with Crippen LogP contribution >= 0.6 is 0 Å². The van der Waals surface area contributed by atoms with Crippen molar-refractivity contribution in [3.8, 4) is 0 Å². The van der Waals surface area contributed by atoms with Crippen LogP contribution in [0.3, 0.4) is 0 Å². The third-order valence-corrected chi connectivity index (χ3v) is 4.27. The summed E-state index contributed by atoms with van der Waals surface area (Å²) in [4.78, 5) is 36.4. The van der Waals surface area contributed by atoms with E-state index >= 15 is 0 Å². The highest BCUT2D eigenvalue weighted by molar-refractivity contribution is 5.90. The number of nitrogens with one attached hydrogen (secondary N) is 1. The highest BCUT2D eigenvalue weighted by atomic mass is 16.2. The average Bonchev–Trinajstić information content (AvgIpc) is 3.17. The number of carbonyl (C=O) groups is 3. The molecule has 10 nitrogen and oxygen atoms in total. The van der Waals surface area contributed by atoms with Gasteiger partial charge in [0.1, 0.15) is 0 Å². The van der Waals surface area contributed by atoms with Crippen LogP contribution in [0.1, 0.15) is 43.5 Å². The Morgan fingerprint density at radius 1 is 1.21 bits per heavy atom. The van der Waals surface area contributed by atoms with E-state index in [1.54, 1.807) is 6.92 Å². The molecule has 0 bridgehead atoms. The summed E-state index contributed by atoms with van der Waals surface area (Å²) < 4.78 is 0. The van der Waals surface area contributed by atoms with Crippen molar-refractivity contribution in [2.45, 2.75) is 44.6 Å². The number of amides is 2. The Labute approximate surface area is 162 Å². The molecule has 0 saturated heterocycles. The smallest absolute Gasteiger partial charge is 0.360 e. The number of primary amides is 1. The molecule has 150 valence electrons. The Morgan fingerprint density at radius 3 is 2.57 bits per heavy atom. The number of tetrazole rings is 1. The molecule has 2 rings (SSSR count). The van der Waals surface area contributed by atoms with Crippen molar-refractivity contribution in [3.63, 3.8) is 0 Å². The third kappa shape index (κ3) is 5.95. The van der Waals surface area contributed by atoms with Gasteiger partial charge in [0.15, 0.2) is 11.6 Å². The summed E-state index contributed by atoms with van der Waals surface area (Å²) in [6, 6.07) is 8.33. The maximum atomic E-state index is 12.5. The normalized spacial score (nSPS) is 12.9. The number of carbonyl (C=O) groups excluding carboxylic acids is 3. The van der Waals surface area contributed by atoms with Crippen LogP contribution in [-0.4, -0.2) is 50.5 Å².